The van der Waals surface area contributed by atoms with E-state index in [1.165, 1.54) is 0 Å². The van der Waals surface area contributed by atoms with Crippen molar-refractivity contribution in [3.63, 3.8) is 0 Å². The third kappa shape index (κ3) is 4.51. The van der Waals surface area contributed by atoms with Gasteiger partial charge in [0.2, 0.25) is 0 Å². The van der Waals surface area contributed by atoms with Crippen molar-refractivity contribution in [2.75, 3.05) is 13.2 Å². The van der Waals surface area contributed by atoms with Gasteiger partial charge in [0.15, 0.2) is 0 Å². The van der Waals surface area contributed by atoms with E-state index in [0.717, 1.165) is 5.56 Å². The molecule has 0 amide bonds. The van der Waals surface area contributed by atoms with E-state index in [1.54, 1.807) is 0 Å². The summed E-state index contributed by atoms with van der Waals surface area (Å²) in [7, 11) is -5.06. The summed E-state index contributed by atoms with van der Waals surface area (Å²) in [5, 5.41) is -0.843. The van der Waals surface area contributed by atoms with Gasteiger partial charge in [0, 0.05) is 0 Å². The Balaban J connectivity index is 3.39. The molecule has 1 aromatic carbocycles. The molecule has 0 heterocycles. The predicted molar refractivity (Wildman–Crippen MR) is 91.1 cm³/mol. The molecule has 0 bridgehead atoms. The molecule has 0 radical (unpaired) electrons. The van der Waals surface area contributed by atoms with Crippen LogP contribution in [0.2, 0.25) is 19.6 Å². The third-order valence-corrected chi connectivity index (χ3v) is 7.22. The molecule has 0 aliphatic rings. The highest BCUT2D eigenvalue weighted by Gasteiger charge is 2.50. The quantitative estimate of drug-likeness (QED) is 0.561. The van der Waals surface area contributed by atoms with Gasteiger partial charge in [-0.05, 0) is 26.3 Å². The highest BCUT2D eigenvalue weighted by Crippen LogP contribution is 2.63. The van der Waals surface area contributed by atoms with Crippen LogP contribution in [0.1, 0.15) is 26.3 Å². The topological polar surface area (TPSA) is 47.6 Å². The molecule has 0 saturated heterocycles. The summed E-state index contributed by atoms with van der Waals surface area (Å²) < 4.78 is 24.7. The van der Waals surface area contributed by atoms with E-state index in [1.807, 2.05) is 51.1 Å². The fraction of sp³-hybridized carbons (Fsp3) is 0.600. The van der Waals surface area contributed by atoms with E-state index in [4.69, 9.17) is 9.05 Å². The first-order chi connectivity index (χ1) is 9.68. The standard InChI is InChI=1S/C15H28NO3PSi/c1-7-18-20(17,19-8-2)15(3,16-21(4,5)6)14-12-10-9-11-13-14/h9-13,16H,7-8H2,1-6H3. The smallest absolute Gasteiger partial charge is 0.319 e. The molecule has 1 atom stereocenters. The molecule has 0 fully saturated rings. The van der Waals surface area contributed by atoms with Crippen LogP contribution in [-0.4, -0.2) is 21.4 Å². The van der Waals surface area contributed by atoms with Crippen molar-refractivity contribution >= 4 is 15.8 Å². The fourth-order valence-corrected chi connectivity index (χ4v) is 7.32. The Morgan fingerprint density at radius 3 is 1.95 bits per heavy atom. The van der Waals surface area contributed by atoms with E-state index >= 15 is 0 Å². The minimum absolute atomic E-state index is 0.354. The molecule has 1 rings (SSSR count). The van der Waals surface area contributed by atoms with Crippen LogP contribution in [0.3, 0.4) is 0 Å². The van der Waals surface area contributed by atoms with Crippen LogP contribution in [0.5, 0.6) is 0 Å². The Morgan fingerprint density at radius 2 is 1.57 bits per heavy atom. The minimum Gasteiger partial charge on any atom is -0.319 e. The molecule has 120 valence electrons. The first-order valence-electron chi connectivity index (χ1n) is 7.42. The summed E-state index contributed by atoms with van der Waals surface area (Å²) in [6.45, 7) is 12.8. The molecular formula is C15H28NO3PSi. The van der Waals surface area contributed by atoms with Gasteiger partial charge < -0.3 is 14.0 Å². The van der Waals surface area contributed by atoms with Gasteiger partial charge in [-0.15, -0.1) is 0 Å². The lowest BCUT2D eigenvalue weighted by atomic mass is 10.1. The van der Waals surface area contributed by atoms with Gasteiger partial charge in [0.05, 0.1) is 13.2 Å². The molecule has 1 aromatic rings. The zero-order valence-corrected chi connectivity index (χ0v) is 15.9. The second-order valence-electron chi connectivity index (χ2n) is 6.15. The zero-order valence-electron chi connectivity index (χ0n) is 14.0. The zero-order chi connectivity index (χ0) is 16.1. The maximum Gasteiger partial charge on any atom is 0.354 e. The minimum atomic E-state index is -3.34. The first kappa shape index (κ1) is 18.6. The van der Waals surface area contributed by atoms with Gasteiger partial charge in [-0.3, -0.25) is 4.57 Å². The van der Waals surface area contributed by atoms with Crippen molar-refractivity contribution in [2.24, 2.45) is 0 Å². The van der Waals surface area contributed by atoms with E-state index in [9.17, 15) is 4.57 Å². The van der Waals surface area contributed by atoms with Crippen LogP contribution in [-0.2, 0) is 18.9 Å². The number of hydrogen-bond donors (Lipinski definition) is 1. The lowest BCUT2D eigenvalue weighted by Gasteiger charge is -2.41. The lowest BCUT2D eigenvalue weighted by Crippen LogP contribution is -2.53. The van der Waals surface area contributed by atoms with Crippen LogP contribution >= 0.6 is 7.60 Å². The largest absolute Gasteiger partial charge is 0.354 e. The molecule has 1 unspecified atom stereocenters. The number of nitrogens with one attached hydrogen (secondary N) is 1. The summed E-state index contributed by atoms with van der Waals surface area (Å²) in [6.07, 6.45) is 0. The van der Waals surface area contributed by atoms with E-state index < -0.39 is 21.1 Å². The molecule has 0 aliphatic carbocycles. The average Bonchev–Trinajstić information content (AvgIpc) is 2.38. The summed E-state index contributed by atoms with van der Waals surface area (Å²) in [5.41, 5.74) is 0.928. The number of hydrogen-bond acceptors (Lipinski definition) is 4. The van der Waals surface area contributed by atoms with Crippen LogP contribution in [0.4, 0.5) is 0 Å². The van der Waals surface area contributed by atoms with E-state index in [-0.39, 0.29) is 0 Å². The normalized spacial score (nSPS) is 15.7. The van der Waals surface area contributed by atoms with Crippen molar-refractivity contribution in [1.82, 2.24) is 4.98 Å². The van der Waals surface area contributed by atoms with Gasteiger partial charge in [0.1, 0.15) is 13.5 Å². The SMILES string of the molecule is CCOP(=O)(OCC)C(C)(N[Si](C)(C)C)c1ccccc1. The van der Waals surface area contributed by atoms with Gasteiger partial charge >= 0.3 is 7.60 Å². The van der Waals surface area contributed by atoms with Gasteiger partial charge in [0.25, 0.3) is 0 Å². The van der Waals surface area contributed by atoms with Crippen molar-refractivity contribution in [3.05, 3.63) is 35.9 Å². The van der Waals surface area contributed by atoms with Crippen molar-refractivity contribution in [3.8, 4) is 0 Å². The van der Waals surface area contributed by atoms with Crippen LogP contribution in [0.25, 0.3) is 0 Å². The number of benzene rings is 1. The Labute approximate surface area is 129 Å². The van der Waals surface area contributed by atoms with Crippen molar-refractivity contribution < 1.29 is 13.6 Å². The van der Waals surface area contributed by atoms with E-state index in [2.05, 4.69) is 24.6 Å². The Bertz CT molecular complexity index is 479. The predicted octanol–water partition coefficient (Wildman–Crippen LogP) is 4.55. The average molecular weight is 329 g/mol. The highest BCUT2D eigenvalue weighted by atomic mass is 31.2. The summed E-state index contributed by atoms with van der Waals surface area (Å²) in [4.78, 5) is 3.58. The molecule has 21 heavy (non-hydrogen) atoms. The molecule has 0 aliphatic heterocycles. The summed E-state index contributed by atoms with van der Waals surface area (Å²) in [5.74, 6) is 0. The summed E-state index contributed by atoms with van der Waals surface area (Å²) >= 11 is 0. The maximum atomic E-state index is 13.4. The van der Waals surface area contributed by atoms with Crippen LogP contribution in [0, 0.1) is 0 Å². The van der Waals surface area contributed by atoms with Crippen molar-refractivity contribution in [1.29, 1.82) is 0 Å². The van der Waals surface area contributed by atoms with Gasteiger partial charge in [-0.2, -0.15) is 0 Å². The lowest BCUT2D eigenvalue weighted by molar-refractivity contribution is 0.194. The van der Waals surface area contributed by atoms with Crippen LogP contribution < -0.4 is 4.98 Å². The third-order valence-electron chi connectivity index (χ3n) is 3.10. The fourth-order valence-electron chi connectivity index (χ4n) is 2.43. The Hall–Kier alpha value is -0.453. The molecule has 1 N–H and O–H groups in total. The molecular weight excluding hydrogens is 301 g/mol. The highest BCUT2D eigenvalue weighted by molar-refractivity contribution is 7.55. The van der Waals surface area contributed by atoms with Crippen LogP contribution in [0.15, 0.2) is 30.3 Å². The molecule has 0 saturated carbocycles. The van der Waals surface area contributed by atoms with Gasteiger partial charge in [-0.1, -0.05) is 50.0 Å². The number of rotatable bonds is 8. The molecule has 4 nitrogen and oxygen atoms in total. The van der Waals surface area contributed by atoms with Crippen molar-refractivity contribution in [2.45, 2.75) is 45.7 Å². The maximum absolute atomic E-state index is 13.4. The Morgan fingerprint density at radius 1 is 1.10 bits per heavy atom. The Kier molecular flexibility index (Phi) is 6.38. The molecule has 6 heteroatoms. The van der Waals surface area contributed by atoms with Gasteiger partial charge in [-0.25, -0.2) is 0 Å². The monoisotopic (exact) mass is 329 g/mol. The summed E-state index contributed by atoms with van der Waals surface area (Å²) in [6, 6.07) is 9.78. The molecule has 0 aromatic heterocycles. The first-order valence-corrected chi connectivity index (χ1v) is 12.5. The molecule has 0 spiro atoms. The van der Waals surface area contributed by atoms with E-state index in [0.29, 0.717) is 13.2 Å². The second kappa shape index (κ2) is 7.21. The second-order valence-corrected chi connectivity index (χ2v) is 13.3.